The van der Waals surface area contributed by atoms with Gasteiger partial charge in [-0.1, -0.05) is 220 Å². The van der Waals surface area contributed by atoms with Crippen LogP contribution in [-0.2, 0) is 10.8 Å². The maximum atomic E-state index is 15.9. The Morgan fingerprint density at radius 3 is 1.01 bits per heavy atom. The molecule has 3 aliphatic rings. The van der Waals surface area contributed by atoms with Gasteiger partial charge >= 0.3 is 0 Å². The van der Waals surface area contributed by atoms with Gasteiger partial charge in [0.15, 0.2) is 23.3 Å². The molecule has 2 aliphatic carbocycles. The van der Waals surface area contributed by atoms with Crippen molar-refractivity contribution in [3.63, 3.8) is 0 Å². The van der Waals surface area contributed by atoms with Gasteiger partial charge in [-0.25, -0.2) is 17.6 Å². The number of hydrogen-bond donors (Lipinski definition) is 0. The first kappa shape index (κ1) is 53.4. The van der Waals surface area contributed by atoms with Gasteiger partial charge in [-0.15, -0.1) is 0 Å². The maximum absolute atomic E-state index is 15.9. The summed E-state index contributed by atoms with van der Waals surface area (Å²) in [7, 11) is -2.42. The van der Waals surface area contributed by atoms with Crippen molar-refractivity contribution in [2.45, 2.75) is 23.9 Å². The van der Waals surface area contributed by atoms with Crippen molar-refractivity contribution in [3.05, 3.63) is 359 Å². The third-order valence-corrected chi connectivity index (χ3v) is 22.2. The van der Waals surface area contributed by atoms with Gasteiger partial charge in [0, 0.05) is 46.3 Å². The lowest BCUT2D eigenvalue weighted by Gasteiger charge is -2.35. The molecule has 0 amide bonds. The maximum Gasteiger partial charge on any atom is 0.160 e. The van der Waals surface area contributed by atoms with E-state index in [0.717, 1.165) is 112 Å². The number of fused-ring (bicyclic) bond motifs is 9. The Bertz CT molecular complexity index is 4470. The lowest BCUT2D eigenvalue weighted by atomic mass is 9.67. The van der Waals surface area contributed by atoms with Crippen molar-refractivity contribution in [3.8, 4) is 33.4 Å². The third-order valence-electron chi connectivity index (χ3n) is 18.6. The minimum atomic E-state index is -2.42. The average molecular weight is 1150 g/mol. The molecule has 0 saturated carbocycles. The van der Waals surface area contributed by atoms with Gasteiger partial charge < -0.3 is 9.80 Å². The number of hydrogen-bond acceptors (Lipinski definition) is 2. The summed E-state index contributed by atoms with van der Waals surface area (Å²) in [4.78, 5) is 4.05. The second-order valence-electron chi connectivity index (χ2n) is 23.4. The Balaban J connectivity index is 0.921. The molecule has 0 spiro atoms. The van der Waals surface area contributed by atoms with Crippen LogP contribution in [0, 0.1) is 23.3 Å². The zero-order valence-electron chi connectivity index (χ0n) is 47.9. The van der Waals surface area contributed by atoms with Crippen LogP contribution < -0.4 is 20.2 Å². The molecule has 2 unspecified atom stereocenters. The quantitative estimate of drug-likeness (QED) is 0.0889. The topological polar surface area (TPSA) is 6.48 Å². The summed E-state index contributed by atoms with van der Waals surface area (Å²) in [6.07, 6.45) is 3.70. The molecule has 1 heterocycles. The van der Waals surface area contributed by atoms with Crippen LogP contribution >= 0.6 is 0 Å². The number of benzene rings is 12. The zero-order chi connectivity index (χ0) is 59.3. The van der Waals surface area contributed by atoms with E-state index in [1.165, 1.54) is 34.6 Å². The van der Waals surface area contributed by atoms with E-state index in [-0.39, 0.29) is 0 Å². The summed E-state index contributed by atoms with van der Waals surface area (Å²) in [5.74, 6) is -3.81. The van der Waals surface area contributed by atoms with Gasteiger partial charge in [-0.3, -0.25) is 0 Å². The zero-order valence-corrected chi connectivity index (χ0v) is 48.9. The van der Waals surface area contributed by atoms with Crippen molar-refractivity contribution in [1.29, 1.82) is 0 Å². The minimum absolute atomic E-state index is 0.444. The average Bonchev–Trinajstić information content (AvgIpc) is 1.59. The Morgan fingerprint density at radius 1 is 0.299 bits per heavy atom. The van der Waals surface area contributed by atoms with E-state index in [9.17, 15) is 0 Å². The number of rotatable bonds is 12. The molecule has 12 aromatic carbocycles. The van der Waals surface area contributed by atoms with Crippen LogP contribution in [0.4, 0.5) is 51.7 Å². The highest BCUT2D eigenvalue weighted by Gasteiger charge is 2.48. The van der Waals surface area contributed by atoms with Gasteiger partial charge in [-0.2, -0.15) is 0 Å². The summed E-state index contributed by atoms with van der Waals surface area (Å²) in [6.45, 7) is 12.8. The third kappa shape index (κ3) is 8.06. The molecule has 0 radical (unpaired) electrons. The lowest BCUT2D eigenvalue weighted by Crippen LogP contribution is -2.49. The van der Waals surface area contributed by atoms with Crippen molar-refractivity contribution in [2.75, 3.05) is 9.80 Å². The monoisotopic (exact) mass is 1150 g/mol. The van der Waals surface area contributed by atoms with Gasteiger partial charge in [-0.05, 0) is 172 Å². The number of anilines is 6. The van der Waals surface area contributed by atoms with Crippen LogP contribution in [0.5, 0.6) is 0 Å². The van der Waals surface area contributed by atoms with Crippen LogP contribution in [0.1, 0.15) is 55.6 Å². The van der Waals surface area contributed by atoms with Gasteiger partial charge in [0.05, 0.1) is 10.8 Å². The fraction of sp³-hybridized carbons (Fsp3) is 0.0500. The van der Waals surface area contributed by atoms with E-state index in [4.69, 9.17) is 0 Å². The van der Waals surface area contributed by atoms with Crippen LogP contribution in [0.2, 0.25) is 13.1 Å². The second kappa shape index (κ2) is 20.4. The van der Waals surface area contributed by atoms with Crippen LogP contribution in [-0.4, -0.2) is 8.07 Å². The van der Waals surface area contributed by atoms with E-state index >= 15 is 17.6 Å². The predicted octanol–water partition coefficient (Wildman–Crippen LogP) is 20.0. The highest BCUT2D eigenvalue weighted by molar-refractivity contribution is 7.03. The van der Waals surface area contributed by atoms with Crippen molar-refractivity contribution in [2.24, 2.45) is 0 Å². The Kier molecular flexibility index (Phi) is 12.5. The molecular formula is C80H56F4N2Si. The van der Waals surface area contributed by atoms with Crippen molar-refractivity contribution < 1.29 is 17.6 Å². The molecule has 87 heavy (non-hydrogen) atoms. The number of halogens is 4. The molecule has 0 N–H and O–H groups in total. The molecule has 0 fully saturated rings. The molecule has 0 bridgehead atoms. The van der Waals surface area contributed by atoms with Gasteiger partial charge in [0.2, 0.25) is 0 Å². The summed E-state index contributed by atoms with van der Waals surface area (Å²) >= 11 is 0. The smallest absolute Gasteiger partial charge is 0.160 e. The second-order valence-corrected chi connectivity index (χ2v) is 27.7. The molecule has 2 atom stereocenters. The van der Waals surface area contributed by atoms with Gasteiger partial charge in [0.1, 0.15) is 8.07 Å². The highest BCUT2D eigenvalue weighted by atomic mass is 28.3. The van der Waals surface area contributed by atoms with Crippen molar-refractivity contribution in [1.82, 2.24) is 0 Å². The minimum Gasteiger partial charge on any atom is -0.310 e. The SMILES string of the molecule is C=Cc1ccc(C2(c3ccccc3)c3ccccc3-c3ccc(N(c4ccc(F)c(F)c4)c4ccc5c(c4)-c4cc(N(c6ccc(F)c(F)c6)c6ccc7c(c6)C(c6ccccc6)(c6ccc(C=C)cc6)c6ccccc6-7)ccc4[Si]5(C)C)cc32)cc1. The molecule has 12 aromatic rings. The van der Waals surface area contributed by atoms with E-state index in [1.807, 2.05) is 34.1 Å². The predicted molar refractivity (Wildman–Crippen MR) is 353 cm³/mol. The van der Waals surface area contributed by atoms with Crippen LogP contribution in [0.3, 0.4) is 0 Å². The van der Waals surface area contributed by atoms with Crippen molar-refractivity contribution >= 4 is 64.7 Å². The first-order chi connectivity index (χ1) is 42.4. The summed E-state index contributed by atoms with van der Waals surface area (Å²) in [5, 5.41) is 2.42. The summed E-state index contributed by atoms with van der Waals surface area (Å²) in [6, 6.07) is 89.5. The molecule has 1 aliphatic heterocycles. The van der Waals surface area contributed by atoms with Gasteiger partial charge in [0.25, 0.3) is 0 Å². The Labute approximate surface area is 505 Å². The fourth-order valence-electron chi connectivity index (χ4n) is 14.7. The highest BCUT2D eigenvalue weighted by Crippen LogP contribution is 2.59. The normalized spacial score (nSPS) is 16.2. The van der Waals surface area contributed by atoms with E-state index < -0.39 is 42.2 Å². The molecule has 0 aromatic heterocycles. The summed E-state index contributed by atoms with van der Waals surface area (Å²) in [5.41, 5.74) is 19.5. The summed E-state index contributed by atoms with van der Waals surface area (Å²) < 4.78 is 62.1. The Morgan fingerprint density at radius 2 is 0.621 bits per heavy atom. The van der Waals surface area contributed by atoms with E-state index in [2.05, 4.69) is 245 Å². The number of nitrogens with zero attached hydrogens (tertiary/aromatic N) is 2. The first-order valence-electron chi connectivity index (χ1n) is 29.3. The largest absolute Gasteiger partial charge is 0.310 e. The molecule has 0 saturated heterocycles. The van der Waals surface area contributed by atoms with E-state index in [1.54, 1.807) is 12.1 Å². The molecule has 2 nitrogen and oxygen atoms in total. The fourth-order valence-corrected chi connectivity index (χ4v) is 17.7. The van der Waals surface area contributed by atoms with E-state index in [0.29, 0.717) is 11.4 Å². The molecule has 15 rings (SSSR count). The van der Waals surface area contributed by atoms with Crippen LogP contribution in [0.25, 0.3) is 45.5 Å². The standard InChI is InChI=1S/C80H56F4N2Si/c1-5-51-25-29-55(30-26-51)79(53-17-9-7-10-18-53)69-23-15-13-21-63(69)65-39-33-59(47-71(65)79)85(61-35-41-73(81)75(83)49-61)57-37-43-77-67(45-57)68-46-58(38-44-78(68)87(77,3)4)86(62-36-42-74(82)76(84)50-62)60-34-40-66-64-22-14-16-24-70(64)80(72(66)48-60,54-19-11-8-12-20-54)56-31-27-52(6-2)28-32-56/h5-50H,1-2H2,3-4H3. The lowest BCUT2D eigenvalue weighted by molar-refractivity contribution is 0.509. The Hall–Kier alpha value is -10.3. The first-order valence-corrected chi connectivity index (χ1v) is 32.3. The molecule has 7 heteroatoms. The molecular weight excluding hydrogens is 1090 g/mol. The van der Waals surface area contributed by atoms with Crippen LogP contribution in [0.15, 0.2) is 280 Å². The molecule has 418 valence electrons.